The van der Waals surface area contributed by atoms with Crippen molar-refractivity contribution >= 4 is 11.3 Å². The van der Waals surface area contributed by atoms with Crippen molar-refractivity contribution in [1.29, 1.82) is 0 Å². The van der Waals surface area contributed by atoms with Gasteiger partial charge in [0.1, 0.15) is 0 Å². The molecule has 3 atom stereocenters. The van der Waals surface area contributed by atoms with Gasteiger partial charge < -0.3 is 5.11 Å². The molecule has 1 nitrogen and oxygen atoms in total. The quantitative estimate of drug-likeness (QED) is 0.790. The number of aliphatic hydroxyl groups excluding tert-OH is 1. The molecule has 0 bridgehead atoms. The van der Waals surface area contributed by atoms with Gasteiger partial charge in [-0.2, -0.15) is 0 Å². The van der Waals surface area contributed by atoms with Crippen LogP contribution in [-0.2, 0) is 0 Å². The van der Waals surface area contributed by atoms with Crippen LogP contribution >= 0.6 is 11.3 Å². The van der Waals surface area contributed by atoms with E-state index < -0.39 is 0 Å². The van der Waals surface area contributed by atoms with Crippen LogP contribution in [0.1, 0.15) is 43.6 Å². The van der Waals surface area contributed by atoms with Crippen molar-refractivity contribution in [2.75, 3.05) is 0 Å². The predicted molar refractivity (Wildman–Crippen MR) is 60.4 cm³/mol. The van der Waals surface area contributed by atoms with Gasteiger partial charge in [-0.1, -0.05) is 25.8 Å². The summed E-state index contributed by atoms with van der Waals surface area (Å²) in [7, 11) is 0. The van der Waals surface area contributed by atoms with Crippen molar-refractivity contribution in [3.63, 3.8) is 0 Å². The minimum atomic E-state index is -0.210. The Morgan fingerprint density at radius 2 is 2.36 bits per heavy atom. The van der Waals surface area contributed by atoms with Gasteiger partial charge in [0.05, 0.1) is 6.10 Å². The first-order valence-electron chi connectivity index (χ1n) is 5.49. The SMILES string of the molecule is CC1CCCC(C(O)c2cccs2)C1. The third kappa shape index (κ3) is 2.18. The smallest absolute Gasteiger partial charge is 0.0910 e. The van der Waals surface area contributed by atoms with E-state index in [0.717, 1.165) is 10.8 Å². The van der Waals surface area contributed by atoms with Crippen LogP contribution in [0.15, 0.2) is 17.5 Å². The van der Waals surface area contributed by atoms with E-state index in [1.807, 2.05) is 11.4 Å². The molecule has 14 heavy (non-hydrogen) atoms. The average molecular weight is 210 g/mol. The van der Waals surface area contributed by atoms with Crippen molar-refractivity contribution in [3.05, 3.63) is 22.4 Å². The molecular formula is C12H18OS. The lowest BCUT2D eigenvalue weighted by atomic mass is 9.79. The molecule has 0 spiro atoms. The Bertz CT molecular complexity index is 268. The van der Waals surface area contributed by atoms with Crippen LogP contribution in [0, 0.1) is 11.8 Å². The van der Waals surface area contributed by atoms with Crippen molar-refractivity contribution < 1.29 is 5.11 Å². The lowest BCUT2D eigenvalue weighted by molar-refractivity contribution is 0.0742. The molecule has 2 rings (SSSR count). The first-order chi connectivity index (χ1) is 6.77. The molecule has 0 radical (unpaired) electrons. The first kappa shape index (κ1) is 10.2. The molecule has 1 aliphatic rings. The van der Waals surface area contributed by atoms with Crippen LogP contribution in [0.3, 0.4) is 0 Å². The molecule has 1 N–H and O–H groups in total. The van der Waals surface area contributed by atoms with Gasteiger partial charge >= 0.3 is 0 Å². The highest BCUT2D eigenvalue weighted by Gasteiger charge is 2.26. The zero-order valence-electron chi connectivity index (χ0n) is 8.65. The fourth-order valence-electron chi connectivity index (χ4n) is 2.46. The van der Waals surface area contributed by atoms with Crippen molar-refractivity contribution in [3.8, 4) is 0 Å². The van der Waals surface area contributed by atoms with E-state index >= 15 is 0 Å². The van der Waals surface area contributed by atoms with Crippen LogP contribution in [0.2, 0.25) is 0 Å². The Balaban J connectivity index is 2.00. The summed E-state index contributed by atoms with van der Waals surface area (Å²) in [5.74, 6) is 1.29. The number of hydrogen-bond donors (Lipinski definition) is 1. The second kappa shape index (κ2) is 4.45. The maximum atomic E-state index is 10.2. The molecule has 0 amide bonds. The Morgan fingerprint density at radius 1 is 1.50 bits per heavy atom. The average Bonchev–Trinajstić information content (AvgIpc) is 2.69. The van der Waals surface area contributed by atoms with Crippen LogP contribution in [0.5, 0.6) is 0 Å². The summed E-state index contributed by atoms with van der Waals surface area (Å²) >= 11 is 1.68. The normalized spacial score (nSPS) is 30.1. The van der Waals surface area contributed by atoms with E-state index in [1.165, 1.54) is 25.7 Å². The molecule has 1 fully saturated rings. The molecule has 1 heterocycles. The molecule has 1 aliphatic carbocycles. The monoisotopic (exact) mass is 210 g/mol. The third-order valence-corrected chi connectivity index (χ3v) is 4.20. The zero-order chi connectivity index (χ0) is 9.97. The molecule has 0 aromatic carbocycles. The number of aliphatic hydroxyl groups is 1. The molecule has 2 heteroatoms. The molecule has 0 aliphatic heterocycles. The number of rotatable bonds is 2. The van der Waals surface area contributed by atoms with Gasteiger partial charge in [-0.15, -0.1) is 11.3 Å². The summed E-state index contributed by atoms with van der Waals surface area (Å²) in [6.07, 6.45) is 4.81. The van der Waals surface area contributed by atoms with E-state index in [1.54, 1.807) is 11.3 Å². The maximum absolute atomic E-state index is 10.2. The second-order valence-corrected chi connectivity index (χ2v) is 5.47. The van der Waals surface area contributed by atoms with Crippen molar-refractivity contribution in [1.82, 2.24) is 0 Å². The highest BCUT2D eigenvalue weighted by Crippen LogP contribution is 2.38. The van der Waals surface area contributed by atoms with Gasteiger partial charge in [0, 0.05) is 4.88 Å². The number of thiophene rings is 1. The summed E-state index contributed by atoms with van der Waals surface area (Å²) in [6.45, 7) is 2.30. The van der Waals surface area contributed by atoms with Crippen LogP contribution in [-0.4, -0.2) is 5.11 Å². The van der Waals surface area contributed by atoms with E-state index in [4.69, 9.17) is 0 Å². The molecule has 0 saturated heterocycles. The van der Waals surface area contributed by atoms with E-state index in [9.17, 15) is 5.11 Å². The van der Waals surface area contributed by atoms with E-state index in [2.05, 4.69) is 13.0 Å². The maximum Gasteiger partial charge on any atom is 0.0910 e. The molecule has 1 aromatic heterocycles. The van der Waals surface area contributed by atoms with Gasteiger partial charge in [-0.3, -0.25) is 0 Å². The molecule has 3 unspecified atom stereocenters. The number of hydrogen-bond acceptors (Lipinski definition) is 2. The summed E-state index contributed by atoms with van der Waals surface area (Å²) in [5.41, 5.74) is 0. The summed E-state index contributed by atoms with van der Waals surface area (Å²) < 4.78 is 0. The standard InChI is InChI=1S/C12H18OS/c1-9-4-2-5-10(8-9)12(13)11-6-3-7-14-11/h3,6-7,9-10,12-13H,2,4-5,8H2,1H3. The molecular weight excluding hydrogens is 192 g/mol. The van der Waals surface area contributed by atoms with Gasteiger partial charge in [-0.05, 0) is 36.1 Å². The van der Waals surface area contributed by atoms with Gasteiger partial charge in [0.15, 0.2) is 0 Å². The van der Waals surface area contributed by atoms with Gasteiger partial charge in [-0.25, -0.2) is 0 Å². The fraction of sp³-hybridized carbons (Fsp3) is 0.667. The van der Waals surface area contributed by atoms with Gasteiger partial charge in [0.25, 0.3) is 0 Å². The topological polar surface area (TPSA) is 20.2 Å². The largest absolute Gasteiger partial charge is 0.387 e. The lowest BCUT2D eigenvalue weighted by Crippen LogP contribution is -2.19. The minimum absolute atomic E-state index is 0.210. The summed E-state index contributed by atoms with van der Waals surface area (Å²) in [4.78, 5) is 1.14. The molecule has 1 aromatic rings. The molecule has 78 valence electrons. The lowest BCUT2D eigenvalue weighted by Gasteiger charge is -2.29. The van der Waals surface area contributed by atoms with Crippen LogP contribution in [0.4, 0.5) is 0 Å². The summed E-state index contributed by atoms with van der Waals surface area (Å²) in [6, 6.07) is 4.07. The Hall–Kier alpha value is -0.340. The summed E-state index contributed by atoms with van der Waals surface area (Å²) in [5, 5.41) is 12.2. The Morgan fingerprint density at radius 3 is 3.00 bits per heavy atom. The second-order valence-electron chi connectivity index (χ2n) is 4.49. The fourth-order valence-corrected chi connectivity index (χ4v) is 3.26. The first-order valence-corrected chi connectivity index (χ1v) is 6.37. The highest BCUT2D eigenvalue weighted by molar-refractivity contribution is 7.10. The van der Waals surface area contributed by atoms with Crippen LogP contribution in [0.25, 0.3) is 0 Å². The van der Waals surface area contributed by atoms with Crippen molar-refractivity contribution in [2.45, 2.75) is 38.7 Å². The van der Waals surface area contributed by atoms with Gasteiger partial charge in [0.2, 0.25) is 0 Å². The molecule has 1 saturated carbocycles. The third-order valence-electron chi connectivity index (χ3n) is 3.26. The highest BCUT2D eigenvalue weighted by atomic mass is 32.1. The predicted octanol–water partition coefficient (Wildman–Crippen LogP) is 3.61. The minimum Gasteiger partial charge on any atom is -0.387 e. The van der Waals surface area contributed by atoms with Crippen molar-refractivity contribution in [2.24, 2.45) is 11.8 Å². The Labute approximate surface area is 89.8 Å². The Kier molecular flexibility index (Phi) is 3.24. The van der Waals surface area contributed by atoms with Crippen LogP contribution < -0.4 is 0 Å². The van der Waals surface area contributed by atoms with E-state index in [0.29, 0.717) is 5.92 Å². The van der Waals surface area contributed by atoms with E-state index in [-0.39, 0.29) is 6.10 Å². The zero-order valence-corrected chi connectivity index (χ0v) is 9.46.